The molecule has 3 aliphatic rings. The lowest BCUT2D eigenvalue weighted by atomic mass is 9.82. The molecule has 3 aliphatic carbocycles. The van der Waals surface area contributed by atoms with Crippen LogP contribution in [0.1, 0.15) is 150 Å². The van der Waals surface area contributed by atoms with E-state index in [-0.39, 0.29) is 30.1 Å². The number of thiocarbonyl (C=S) groups is 1. The van der Waals surface area contributed by atoms with Gasteiger partial charge in [-0.2, -0.15) is 0 Å². The van der Waals surface area contributed by atoms with E-state index in [0.717, 1.165) is 70.8 Å². The third kappa shape index (κ3) is 21.9. The van der Waals surface area contributed by atoms with Crippen LogP contribution >= 0.6 is 23.6 Å². The van der Waals surface area contributed by atoms with Crippen molar-refractivity contribution in [2.24, 2.45) is 41.1 Å². The first-order chi connectivity index (χ1) is 26.0. The number of nitrogens with one attached hydrogen (secondary N) is 3. The molecular formula is C41H72N6O7S2. The van der Waals surface area contributed by atoms with Gasteiger partial charge in [-0.3, -0.25) is 4.79 Å². The van der Waals surface area contributed by atoms with E-state index in [1.54, 1.807) is 11.3 Å². The van der Waals surface area contributed by atoms with Crippen LogP contribution < -0.4 is 27.4 Å². The molecule has 3 fully saturated rings. The Balaban J connectivity index is 0.000000291. The Bertz CT molecular complexity index is 1290. The average molecular weight is 825 g/mol. The van der Waals surface area contributed by atoms with Crippen LogP contribution in [0.5, 0.6) is 0 Å². The molecule has 4 amide bonds. The number of amides is 4. The number of carbonyl (C=O) groups excluding carboxylic acids is 4. The quantitative estimate of drug-likeness (QED) is 0.119. The van der Waals surface area contributed by atoms with Crippen LogP contribution in [0.2, 0.25) is 0 Å². The SMILES string of the molecule is CC(C)(C)OC(=O)NCC1CCC(C(N)=O)CC1.CC(C)(C)OC(=O)NCC1CCC(C(N)=S)CC1.CC(C)(C)OC(=O)NCC1CCC(c2nccs2)CC1. The van der Waals surface area contributed by atoms with E-state index in [0.29, 0.717) is 47.7 Å². The smallest absolute Gasteiger partial charge is 0.407 e. The number of hydrogen-bond donors (Lipinski definition) is 5. The van der Waals surface area contributed by atoms with Crippen LogP contribution in [-0.4, -0.2) is 70.6 Å². The zero-order chi connectivity index (χ0) is 42.1. The Morgan fingerprint density at radius 3 is 1.25 bits per heavy atom. The Morgan fingerprint density at radius 2 is 0.964 bits per heavy atom. The van der Waals surface area contributed by atoms with Gasteiger partial charge in [-0.05, 0) is 157 Å². The lowest BCUT2D eigenvalue weighted by Crippen LogP contribution is -2.37. The molecule has 0 radical (unpaired) electrons. The summed E-state index contributed by atoms with van der Waals surface area (Å²) in [5.41, 5.74) is 9.60. The number of nitrogens with zero attached hydrogens (tertiary/aromatic N) is 1. The second-order valence-corrected chi connectivity index (χ2v) is 19.9. The highest BCUT2D eigenvalue weighted by atomic mass is 32.1. The third-order valence-corrected chi connectivity index (χ3v) is 11.2. The van der Waals surface area contributed by atoms with Crippen molar-refractivity contribution in [1.82, 2.24) is 20.9 Å². The van der Waals surface area contributed by atoms with Crippen molar-refractivity contribution < 1.29 is 33.4 Å². The number of rotatable bonds is 9. The summed E-state index contributed by atoms with van der Waals surface area (Å²) >= 11 is 6.76. The molecule has 56 heavy (non-hydrogen) atoms. The van der Waals surface area contributed by atoms with Gasteiger partial charge in [-0.25, -0.2) is 19.4 Å². The van der Waals surface area contributed by atoms with E-state index in [1.165, 1.54) is 17.8 Å². The minimum Gasteiger partial charge on any atom is -0.444 e. The molecule has 1 heterocycles. The molecule has 4 rings (SSSR count). The summed E-state index contributed by atoms with van der Waals surface area (Å²) in [5, 5.41) is 11.8. The van der Waals surface area contributed by atoms with E-state index in [4.69, 9.17) is 37.9 Å². The molecule has 0 atom stereocenters. The molecule has 0 bridgehead atoms. The van der Waals surface area contributed by atoms with Crippen LogP contribution in [0.4, 0.5) is 14.4 Å². The van der Waals surface area contributed by atoms with Crippen molar-refractivity contribution in [1.29, 1.82) is 0 Å². The standard InChI is InChI=1S/C15H24N2O2S.C13H24N2O3.C13H24N2O2S/c1-15(2,3)19-14(18)17-10-11-4-6-12(7-5-11)13-16-8-9-20-13;1-13(2,3)18-12(17)15-8-9-4-6-10(7-5-9)11(14)16;1-13(2,3)17-12(16)15-8-9-4-6-10(7-5-9)11(14)18/h8-9,11-12H,4-7,10H2,1-3H3,(H,17,18);9-10H,4-8H2,1-3H3,(H2,14,16)(H,15,17);9-10H,4-8H2,1-3H3,(H2,14,18)(H,15,16). The fourth-order valence-corrected chi connectivity index (χ4v) is 8.02. The van der Waals surface area contributed by atoms with E-state index < -0.39 is 16.8 Å². The lowest BCUT2D eigenvalue weighted by Gasteiger charge is -2.28. The summed E-state index contributed by atoms with van der Waals surface area (Å²) in [5.74, 6) is 2.33. The maximum atomic E-state index is 11.6. The van der Waals surface area contributed by atoms with Gasteiger partial charge in [0, 0.05) is 49.0 Å². The van der Waals surface area contributed by atoms with Gasteiger partial charge >= 0.3 is 18.3 Å². The first kappa shape index (κ1) is 48.9. The van der Waals surface area contributed by atoms with Gasteiger partial charge < -0.3 is 41.6 Å². The lowest BCUT2D eigenvalue weighted by molar-refractivity contribution is -0.122. The highest BCUT2D eigenvalue weighted by Gasteiger charge is 2.27. The highest BCUT2D eigenvalue weighted by molar-refractivity contribution is 7.80. The Labute approximate surface area is 345 Å². The average Bonchev–Trinajstić information content (AvgIpc) is 3.63. The molecule has 0 unspecified atom stereocenters. The molecule has 0 aromatic carbocycles. The molecule has 320 valence electrons. The summed E-state index contributed by atoms with van der Waals surface area (Å²) in [6.45, 7) is 18.8. The molecule has 0 spiro atoms. The second kappa shape index (κ2) is 23.3. The predicted molar refractivity (Wildman–Crippen MR) is 226 cm³/mol. The van der Waals surface area contributed by atoms with Gasteiger partial charge in [0.1, 0.15) is 16.8 Å². The van der Waals surface area contributed by atoms with Crippen LogP contribution in [0, 0.1) is 29.6 Å². The number of alkyl carbamates (subject to hydrolysis) is 3. The van der Waals surface area contributed by atoms with Crippen molar-refractivity contribution in [2.45, 2.75) is 162 Å². The summed E-state index contributed by atoms with van der Waals surface area (Å²) in [6, 6.07) is 0. The summed E-state index contributed by atoms with van der Waals surface area (Å²) < 4.78 is 15.6. The van der Waals surface area contributed by atoms with E-state index >= 15 is 0 Å². The van der Waals surface area contributed by atoms with Crippen molar-refractivity contribution in [3.63, 3.8) is 0 Å². The highest BCUT2D eigenvalue weighted by Crippen LogP contribution is 2.36. The fraction of sp³-hybridized carbons (Fsp3) is 0.805. The van der Waals surface area contributed by atoms with Crippen LogP contribution in [0.25, 0.3) is 0 Å². The molecule has 0 aliphatic heterocycles. The third-order valence-electron chi connectivity index (χ3n) is 9.95. The van der Waals surface area contributed by atoms with Gasteiger partial charge in [0.15, 0.2) is 0 Å². The van der Waals surface area contributed by atoms with Crippen LogP contribution in [0.3, 0.4) is 0 Å². The summed E-state index contributed by atoms with van der Waals surface area (Å²) in [7, 11) is 0. The fourth-order valence-electron chi connectivity index (χ4n) is 6.98. The van der Waals surface area contributed by atoms with Gasteiger partial charge in [-0.1, -0.05) is 12.2 Å². The minimum atomic E-state index is -0.465. The topological polar surface area (TPSA) is 197 Å². The molecular weight excluding hydrogens is 753 g/mol. The normalized spacial score (nSPS) is 24.0. The van der Waals surface area contributed by atoms with E-state index in [9.17, 15) is 19.2 Å². The van der Waals surface area contributed by atoms with Gasteiger partial charge in [0.05, 0.1) is 10.00 Å². The van der Waals surface area contributed by atoms with Crippen molar-refractivity contribution in [2.75, 3.05) is 19.6 Å². The monoisotopic (exact) mass is 824 g/mol. The molecule has 13 nitrogen and oxygen atoms in total. The molecule has 0 saturated heterocycles. The van der Waals surface area contributed by atoms with E-state index in [2.05, 4.69) is 20.9 Å². The van der Waals surface area contributed by atoms with Crippen LogP contribution in [0.15, 0.2) is 11.6 Å². The maximum Gasteiger partial charge on any atom is 0.407 e. The maximum absolute atomic E-state index is 11.6. The summed E-state index contributed by atoms with van der Waals surface area (Å²) in [6.07, 6.45) is 13.3. The summed E-state index contributed by atoms with van der Waals surface area (Å²) in [4.78, 5) is 50.6. The largest absolute Gasteiger partial charge is 0.444 e. The zero-order valence-corrected chi connectivity index (χ0v) is 37.1. The molecule has 1 aromatic rings. The van der Waals surface area contributed by atoms with Gasteiger partial charge in [0.2, 0.25) is 5.91 Å². The number of thiazole rings is 1. The van der Waals surface area contributed by atoms with Crippen molar-refractivity contribution in [3.05, 3.63) is 16.6 Å². The number of carbonyl (C=O) groups is 4. The molecule has 7 N–H and O–H groups in total. The number of ether oxygens (including phenoxy) is 3. The molecule has 15 heteroatoms. The predicted octanol–water partition coefficient (Wildman–Crippen LogP) is 8.35. The number of hydrogen-bond acceptors (Lipinski definition) is 10. The molecule has 1 aromatic heterocycles. The number of primary amides is 1. The first-order valence-electron chi connectivity index (χ1n) is 20.4. The van der Waals surface area contributed by atoms with Crippen molar-refractivity contribution >= 4 is 52.7 Å². The Morgan fingerprint density at radius 1 is 0.625 bits per heavy atom. The van der Waals surface area contributed by atoms with Gasteiger partial charge in [0.25, 0.3) is 0 Å². The van der Waals surface area contributed by atoms with Crippen LogP contribution in [-0.2, 0) is 19.0 Å². The Hall–Kier alpha value is -3.20. The second-order valence-electron chi connectivity index (χ2n) is 18.5. The van der Waals surface area contributed by atoms with Gasteiger partial charge in [-0.15, -0.1) is 11.3 Å². The first-order valence-corrected chi connectivity index (χ1v) is 21.7. The number of aromatic nitrogens is 1. The van der Waals surface area contributed by atoms with Crippen molar-refractivity contribution in [3.8, 4) is 0 Å². The minimum absolute atomic E-state index is 0.0165. The molecule has 3 saturated carbocycles. The Kier molecular flexibility index (Phi) is 20.3. The van der Waals surface area contributed by atoms with E-state index in [1.807, 2.05) is 73.9 Å². The zero-order valence-electron chi connectivity index (χ0n) is 35.5. The number of nitrogens with two attached hydrogens (primary N) is 2.